The van der Waals surface area contributed by atoms with Gasteiger partial charge in [-0.05, 0) is 26.7 Å². The Bertz CT molecular complexity index is 248. The number of carbonyl (C=O) groups is 2. The van der Waals surface area contributed by atoms with Crippen LogP contribution in [-0.4, -0.2) is 48.9 Å². The number of hydrogen-bond acceptors (Lipinski definition) is 3. The van der Waals surface area contributed by atoms with Gasteiger partial charge in [-0.2, -0.15) is 0 Å². The van der Waals surface area contributed by atoms with Crippen LogP contribution >= 0.6 is 0 Å². The Morgan fingerprint density at radius 2 is 1.81 bits per heavy atom. The minimum absolute atomic E-state index is 0.0655. The molecule has 2 N–H and O–H groups in total. The van der Waals surface area contributed by atoms with Crippen molar-refractivity contribution in [1.29, 1.82) is 0 Å². The van der Waals surface area contributed by atoms with E-state index in [1.807, 2.05) is 18.7 Å². The lowest BCUT2D eigenvalue weighted by atomic mass is 10.4. The maximum atomic E-state index is 11.6. The number of nitrogens with zero attached hydrogens (tertiary/aromatic N) is 1. The van der Waals surface area contributed by atoms with E-state index in [9.17, 15) is 9.59 Å². The summed E-state index contributed by atoms with van der Waals surface area (Å²) in [7, 11) is 0. The summed E-state index contributed by atoms with van der Waals surface area (Å²) in [5, 5.41) is 5.62. The predicted octanol–water partition coefficient (Wildman–Crippen LogP) is -0.277. The van der Waals surface area contributed by atoms with Crippen LogP contribution in [0.15, 0.2) is 0 Å². The molecule has 5 heteroatoms. The highest BCUT2D eigenvalue weighted by atomic mass is 16.2. The normalized spacial score (nSPS) is 15.6. The van der Waals surface area contributed by atoms with Crippen LogP contribution in [0, 0.1) is 0 Å². The average Bonchev–Trinajstić information content (AvgIpc) is 2.68. The molecule has 16 heavy (non-hydrogen) atoms. The molecule has 2 amide bonds. The average molecular weight is 227 g/mol. The van der Waals surface area contributed by atoms with Gasteiger partial charge in [0, 0.05) is 19.1 Å². The molecule has 0 aromatic rings. The van der Waals surface area contributed by atoms with Crippen molar-refractivity contribution < 1.29 is 9.59 Å². The second kappa shape index (κ2) is 6.48. The molecule has 0 spiro atoms. The van der Waals surface area contributed by atoms with Gasteiger partial charge in [0.2, 0.25) is 11.8 Å². The van der Waals surface area contributed by atoms with E-state index in [0.29, 0.717) is 0 Å². The van der Waals surface area contributed by atoms with Crippen molar-refractivity contribution in [2.24, 2.45) is 0 Å². The molecule has 0 bridgehead atoms. The lowest BCUT2D eigenvalue weighted by Gasteiger charge is -2.15. The van der Waals surface area contributed by atoms with Gasteiger partial charge in [-0.15, -0.1) is 0 Å². The second-order valence-corrected chi connectivity index (χ2v) is 4.41. The molecule has 92 valence electrons. The van der Waals surface area contributed by atoms with E-state index in [-0.39, 0.29) is 30.9 Å². The summed E-state index contributed by atoms with van der Waals surface area (Å²) in [4.78, 5) is 24.7. The molecule has 0 aromatic carbocycles. The molecule has 0 aromatic heterocycles. The van der Waals surface area contributed by atoms with E-state index in [2.05, 4.69) is 10.6 Å². The van der Waals surface area contributed by atoms with E-state index in [4.69, 9.17) is 0 Å². The molecule has 0 atom stereocenters. The molecule has 1 aliphatic heterocycles. The largest absolute Gasteiger partial charge is 0.353 e. The molecule has 0 radical (unpaired) electrons. The predicted molar refractivity (Wildman–Crippen MR) is 62.0 cm³/mol. The molecular formula is C11H21N3O2. The van der Waals surface area contributed by atoms with Gasteiger partial charge in [-0.1, -0.05) is 0 Å². The van der Waals surface area contributed by atoms with Crippen LogP contribution in [0.4, 0.5) is 0 Å². The lowest BCUT2D eigenvalue weighted by Crippen LogP contribution is -2.42. The molecule has 1 saturated heterocycles. The van der Waals surface area contributed by atoms with Crippen molar-refractivity contribution in [3.63, 3.8) is 0 Å². The summed E-state index contributed by atoms with van der Waals surface area (Å²) >= 11 is 0. The minimum Gasteiger partial charge on any atom is -0.353 e. The van der Waals surface area contributed by atoms with Gasteiger partial charge in [0.05, 0.1) is 13.1 Å². The Hall–Kier alpha value is -1.10. The van der Waals surface area contributed by atoms with Crippen molar-refractivity contribution in [1.82, 2.24) is 15.5 Å². The summed E-state index contributed by atoms with van der Waals surface area (Å²) in [5.74, 6) is 0.0269. The first-order valence-electron chi connectivity index (χ1n) is 5.87. The van der Waals surface area contributed by atoms with Crippen LogP contribution in [0.2, 0.25) is 0 Å². The molecule has 1 aliphatic rings. The zero-order chi connectivity index (χ0) is 12.0. The van der Waals surface area contributed by atoms with Crippen molar-refractivity contribution in [2.75, 3.05) is 26.2 Å². The molecular weight excluding hydrogens is 206 g/mol. The summed E-state index contributed by atoms with van der Waals surface area (Å²) in [6.07, 6.45) is 2.19. The van der Waals surface area contributed by atoms with Gasteiger partial charge in [0.1, 0.15) is 0 Å². The number of rotatable bonds is 5. The zero-order valence-corrected chi connectivity index (χ0v) is 10.1. The Labute approximate surface area is 96.6 Å². The van der Waals surface area contributed by atoms with Crippen LogP contribution in [0.5, 0.6) is 0 Å². The van der Waals surface area contributed by atoms with E-state index < -0.39 is 0 Å². The van der Waals surface area contributed by atoms with E-state index >= 15 is 0 Å². The van der Waals surface area contributed by atoms with Crippen molar-refractivity contribution in [2.45, 2.75) is 32.7 Å². The fourth-order valence-electron chi connectivity index (χ4n) is 1.73. The fraction of sp³-hybridized carbons (Fsp3) is 0.818. The van der Waals surface area contributed by atoms with E-state index in [0.717, 1.165) is 25.9 Å². The van der Waals surface area contributed by atoms with Crippen molar-refractivity contribution >= 4 is 11.8 Å². The number of amides is 2. The van der Waals surface area contributed by atoms with Gasteiger partial charge >= 0.3 is 0 Å². The number of carbonyl (C=O) groups excluding carboxylic acids is 2. The highest BCUT2D eigenvalue weighted by molar-refractivity contribution is 5.81. The lowest BCUT2D eigenvalue weighted by molar-refractivity contribution is -0.129. The Kier molecular flexibility index (Phi) is 5.25. The molecule has 1 rings (SSSR count). The van der Waals surface area contributed by atoms with Gasteiger partial charge in [-0.3, -0.25) is 14.9 Å². The van der Waals surface area contributed by atoms with Crippen molar-refractivity contribution in [3.8, 4) is 0 Å². The van der Waals surface area contributed by atoms with Crippen LogP contribution in [0.1, 0.15) is 26.7 Å². The van der Waals surface area contributed by atoms with E-state index in [1.165, 1.54) is 0 Å². The first-order chi connectivity index (χ1) is 7.59. The third-order valence-corrected chi connectivity index (χ3v) is 2.47. The first kappa shape index (κ1) is 13.0. The third-order valence-electron chi connectivity index (χ3n) is 2.47. The van der Waals surface area contributed by atoms with Gasteiger partial charge in [-0.25, -0.2) is 0 Å². The van der Waals surface area contributed by atoms with Gasteiger partial charge in [0.15, 0.2) is 0 Å². The first-order valence-corrected chi connectivity index (χ1v) is 5.87. The topological polar surface area (TPSA) is 61.4 Å². The molecule has 1 heterocycles. The van der Waals surface area contributed by atoms with Gasteiger partial charge < -0.3 is 10.2 Å². The number of likely N-dealkylation sites (tertiary alicyclic amines) is 1. The molecule has 5 nitrogen and oxygen atoms in total. The highest BCUT2D eigenvalue weighted by Crippen LogP contribution is 2.06. The quantitative estimate of drug-likeness (QED) is 0.679. The summed E-state index contributed by atoms with van der Waals surface area (Å²) in [5.41, 5.74) is 0. The van der Waals surface area contributed by atoms with Gasteiger partial charge in [0.25, 0.3) is 0 Å². The summed E-state index contributed by atoms with van der Waals surface area (Å²) in [6.45, 7) is 6.00. The second-order valence-electron chi connectivity index (χ2n) is 4.41. The molecule has 0 aliphatic carbocycles. The Morgan fingerprint density at radius 3 is 2.38 bits per heavy atom. The third kappa shape index (κ3) is 4.61. The SMILES string of the molecule is CC(C)NC(=O)CNCC(=O)N1CCCC1. The fourth-order valence-corrected chi connectivity index (χ4v) is 1.73. The summed E-state index contributed by atoms with van der Waals surface area (Å²) in [6, 6.07) is 0.142. The van der Waals surface area contributed by atoms with Crippen LogP contribution in [0.25, 0.3) is 0 Å². The Balaban J connectivity index is 2.10. The molecule has 0 unspecified atom stereocenters. The highest BCUT2D eigenvalue weighted by Gasteiger charge is 2.17. The standard InChI is InChI=1S/C11H21N3O2/c1-9(2)13-10(15)7-12-8-11(16)14-5-3-4-6-14/h9,12H,3-8H2,1-2H3,(H,13,15). The maximum absolute atomic E-state index is 11.6. The minimum atomic E-state index is -0.0655. The molecule has 1 fully saturated rings. The van der Waals surface area contributed by atoms with E-state index in [1.54, 1.807) is 0 Å². The zero-order valence-electron chi connectivity index (χ0n) is 10.1. The Morgan fingerprint density at radius 1 is 1.19 bits per heavy atom. The summed E-state index contributed by atoms with van der Waals surface area (Å²) < 4.78 is 0. The van der Waals surface area contributed by atoms with Crippen molar-refractivity contribution in [3.05, 3.63) is 0 Å². The molecule has 0 saturated carbocycles. The van der Waals surface area contributed by atoms with Crippen LogP contribution in [-0.2, 0) is 9.59 Å². The number of nitrogens with one attached hydrogen (secondary N) is 2. The smallest absolute Gasteiger partial charge is 0.236 e. The van der Waals surface area contributed by atoms with Crippen LogP contribution < -0.4 is 10.6 Å². The maximum Gasteiger partial charge on any atom is 0.236 e. The number of hydrogen-bond donors (Lipinski definition) is 2. The van der Waals surface area contributed by atoms with Crippen LogP contribution in [0.3, 0.4) is 0 Å². The monoisotopic (exact) mass is 227 g/mol.